The minimum Gasteiger partial charge on any atom is -0.494 e. The van der Waals surface area contributed by atoms with Gasteiger partial charge >= 0.3 is 0 Å². The highest BCUT2D eigenvalue weighted by Crippen LogP contribution is 2.27. The van der Waals surface area contributed by atoms with Crippen LogP contribution in [0.15, 0.2) is 33.7 Å². The molecule has 0 bridgehead atoms. The van der Waals surface area contributed by atoms with E-state index in [4.69, 9.17) is 12.2 Å². The molecule has 0 radical (unpaired) electrons. The number of hydrazone groups is 1. The standard InChI is InChI=1S/C17H16N4O3S/c1-8-4-5-11(6-9(8)2)21-16(24)12(10(3)20-21)7-13-14(22)18-17(25)19-15(13)23/h4-7H,1-3H3,(H3,18,19,22,23,25)/b12-7-. The zero-order valence-electron chi connectivity index (χ0n) is 13.9. The highest BCUT2D eigenvalue weighted by molar-refractivity contribution is 7.71. The molecule has 0 saturated carbocycles. The molecule has 7 nitrogen and oxygen atoms in total. The van der Waals surface area contributed by atoms with E-state index in [2.05, 4.69) is 15.1 Å². The summed E-state index contributed by atoms with van der Waals surface area (Å²) in [5.41, 5.74) is 2.81. The molecule has 0 atom stereocenters. The Kier molecular flexibility index (Phi) is 4.13. The van der Waals surface area contributed by atoms with E-state index in [1.807, 2.05) is 32.0 Å². The summed E-state index contributed by atoms with van der Waals surface area (Å²) in [6.07, 6.45) is 1.31. The van der Waals surface area contributed by atoms with Gasteiger partial charge in [-0.1, -0.05) is 6.07 Å². The van der Waals surface area contributed by atoms with Crippen molar-refractivity contribution in [2.45, 2.75) is 20.8 Å². The number of rotatable bonds is 2. The molecule has 1 aromatic carbocycles. The van der Waals surface area contributed by atoms with E-state index < -0.39 is 11.4 Å². The first-order valence-electron chi connectivity index (χ1n) is 7.52. The SMILES string of the molecule is CC1=NN(c2ccc(C)c(C)c2)C(=O)/C1=C\c1c(O)[nH]c(=S)[nH]c1=O. The predicted octanol–water partition coefficient (Wildman–Crippen LogP) is 2.56. The number of H-pyrrole nitrogens is 2. The third-order valence-corrected chi connectivity index (χ3v) is 4.25. The number of aryl methyl sites for hydroxylation is 2. The maximum Gasteiger partial charge on any atom is 0.280 e. The first-order valence-corrected chi connectivity index (χ1v) is 7.93. The number of aromatic nitrogens is 2. The summed E-state index contributed by atoms with van der Waals surface area (Å²) in [7, 11) is 0. The van der Waals surface area contributed by atoms with Crippen LogP contribution in [0.2, 0.25) is 0 Å². The van der Waals surface area contributed by atoms with Crippen molar-refractivity contribution in [1.29, 1.82) is 0 Å². The average molecular weight is 356 g/mol. The number of aromatic amines is 2. The van der Waals surface area contributed by atoms with Crippen LogP contribution in [0.4, 0.5) is 5.69 Å². The van der Waals surface area contributed by atoms with E-state index in [1.165, 1.54) is 11.1 Å². The Bertz CT molecular complexity index is 1060. The van der Waals surface area contributed by atoms with Gasteiger partial charge in [-0.15, -0.1) is 0 Å². The first kappa shape index (κ1) is 16.8. The van der Waals surface area contributed by atoms with Gasteiger partial charge in [0, 0.05) is 0 Å². The fourth-order valence-corrected chi connectivity index (χ4v) is 2.67. The second kappa shape index (κ2) is 6.14. The number of carbonyl (C=O) groups excluding carboxylic acids is 1. The van der Waals surface area contributed by atoms with Crippen molar-refractivity contribution >= 4 is 35.6 Å². The first-order chi connectivity index (χ1) is 11.8. The lowest BCUT2D eigenvalue weighted by molar-refractivity contribution is -0.114. The van der Waals surface area contributed by atoms with Gasteiger partial charge in [-0.2, -0.15) is 10.1 Å². The molecule has 0 aliphatic carbocycles. The van der Waals surface area contributed by atoms with Crippen LogP contribution in [0.1, 0.15) is 23.6 Å². The van der Waals surface area contributed by atoms with E-state index in [-0.39, 0.29) is 21.8 Å². The molecule has 1 aliphatic rings. The molecule has 8 heteroatoms. The van der Waals surface area contributed by atoms with Gasteiger partial charge in [-0.3, -0.25) is 14.6 Å². The molecular formula is C17H16N4O3S. The number of amides is 1. The number of carbonyl (C=O) groups is 1. The largest absolute Gasteiger partial charge is 0.494 e. The molecule has 2 heterocycles. The van der Waals surface area contributed by atoms with Crippen LogP contribution in [0.5, 0.6) is 5.88 Å². The van der Waals surface area contributed by atoms with E-state index in [9.17, 15) is 14.7 Å². The van der Waals surface area contributed by atoms with Crippen LogP contribution >= 0.6 is 12.2 Å². The van der Waals surface area contributed by atoms with Gasteiger partial charge in [0.25, 0.3) is 11.5 Å². The Balaban J connectivity index is 2.05. The normalized spacial score (nSPS) is 15.8. The number of anilines is 1. The van der Waals surface area contributed by atoms with E-state index >= 15 is 0 Å². The Morgan fingerprint density at radius 1 is 1.16 bits per heavy atom. The van der Waals surface area contributed by atoms with E-state index in [0.717, 1.165) is 11.1 Å². The van der Waals surface area contributed by atoms with Crippen LogP contribution < -0.4 is 10.6 Å². The third kappa shape index (κ3) is 3.03. The van der Waals surface area contributed by atoms with E-state index in [1.54, 1.807) is 6.92 Å². The number of hydrogen-bond acceptors (Lipinski definition) is 5. The molecule has 1 amide bonds. The number of nitrogens with zero attached hydrogens (tertiary/aromatic N) is 2. The zero-order chi connectivity index (χ0) is 18.3. The molecule has 25 heavy (non-hydrogen) atoms. The van der Waals surface area contributed by atoms with Crippen LogP contribution in [0.3, 0.4) is 0 Å². The van der Waals surface area contributed by atoms with Crippen LogP contribution in [-0.4, -0.2) is 26.7 Å². The molecule has 0 saturated heterocycles. The molecule has 1 aliphatic heterocycles. The van der Waals surface area contributed by atoms with Crippen LogP contribution in [0, 0.1) is 18.6 Å². The maximum absolute atomic E-state index is 12.7. The second-order valence-corrected chi connectivity index (χ2v) is 6.21. The number of nitrogens with one attached hydrogen (secondary N) is 2. The monoisotopic (exact) mass is 356 g/mol. The second-order valence-electron chi connectivity index (χ2n) is 5.80. The molecule has 2 aromatic rings. The summed E-state index contributed by atoms with van der Waals surface area (Å²) in [4.78, 5) is 29.5. The van der Waals surface area contributed by atoms with Gasteiger partial charge in [0.2, 0.25) is 5.88 Å². The highest BCUT2D eigenvalue weighted by Gasteiger charge is 2.29. The molecule has 0 unspecified atom stereocenters. The number of aromatic hydroxyl groups is 1. The Morgan fingerprint density at radius 2 is 1.88 bits per heavy atom. The zero-order valence-corrected chi connectivity index (χ0v) is 14.7. The summed E-state index contributed by atoms with van der Waals surface area (Å²) in [5.74, 6) is -0.770. The molecule has 0 spiro atoms. The Hall–Kier alpha value is -3.00. The van der Waals surface area contributed by atoms with Gasteiger partial charge in [0.15, 0.2) is 4.77 Å². The predicted molar refractivity (Wildman–Crippen MR) is 98.4 cm³/mol. The maximum atomic E-state index is 12.7. The lowest BCUT2D eigenvalue weighted by atomic mass is 10.1. The molecule has 3 N–H and O–H groups in total. The molecule has 128 valence electrons. The van der Waals surface area contributed by atoms with Crippen molar-refractivity contribution < 1.29 is 9.90 Å². The molecule has 0 fully saturated rings. The van der Waals surface area contributed by atoms with Gasteiger partial charge in [-0.25, -0.2) is 0 Å². The van der Waals surface area contributed by atoms with Gasteiger partial charge in [-0.05, 0) is 62.3 Å². The lowest BCUT2D eigenvalue weighted by Crippen LogP contribution is -2.22. The van der Waals surface area contributed by atoms with Crippen LogP contribution in [0.25, 0.3) is 6.08 Å². The molecular weight excluding hydrogens is 340 g/mol. The third-order valence-electron chi connectivity index (χ3n) is 4.05. The number of hydrogen-bond donors (Lipinski definition) is 3. The van der Waals surface area contributed by atoms with Crippen molar-refractivity contribution in [3.8, 4) is 5.88 Å². The number of benzene rings is 1. The van der Waals surface area contributed by atoms with Crippen molar-refractivity contribution in [3.63, 3.8) is 0 Å². The Labute approximate surface area is 148 Å². The average Bonchev–Trinajstić information content (AvgIpc) is 2.81. The quantitative estimate of drug-likeness (QED) is 0.568. The topological polar surface area (TPSA) is 102 Å². The van der Waals surface area contributed by atoms with Crippen molar-refractivity contribution in [2.24, 2.45) is 5.10 Å². The lowest BCUT2D eigenvalue weighted by Gasteiger charge is -2.13. The Morgan fingerprint density at radius 3 is 2.52 bits per heavy atom. The fraction of sp³-hybridized carbons (Fsp3) is 0.176. The van der Waals surface area contributed by atoms with E-state index in [0.29, 0.717) is 11.4 Å². The summed E-state index contributed by atoms with van der Waals surface area (Å²) < 4.78 is 0.00421. The smallest absolute Gasteiger partial charge is 0.280 e. The molecule has 1 aromatic heterocycles. The van der Waals surface area contributed by atoms with Gasteiger partial charge in [0.05, 0.1) is 17.0 Å². The molecule has 3 rings (SSSR count). The van der Waals surface area contributed by atoms with Gasteiger partial charge in [0.1, 0.15) is 5.56 Å². The fourth-order valence-electron chi connectivity index (χ4n) is 2.48. The summed E-state index contributed by atoms with van der Waals surface area (Å²) in [5, 5.41) is 15.5. The highest BCUT2D eigenvalue weighted by atomic mass is 32.1. The minimum absolute atomic E-state index is 0.00421. The minimum atomic E-state index is -0.584. The summed E-state index contributed by atoms with van der Waals surface area (Å²) in [6, 6.07) is 5.60. The van der Waals surface area contributed by atoms with Crippen LogP contribution in [-0.2, 0) is 4.79 Å². The van der Waals surface area contributed by atoms with Gasteiger partial charge < -0.3 is 10.1 Å². The summed E-state index contributed by atoms with van der Waals surface area (Å²) >= 11 is 4.79. The van der Waals surface area contributed by atoms with Crippen molar-refractivity contribution in [2.75, 3.05) is 5.01 Å². The van der Waals surface area contributed by atoms with Crippen molar-refractivity contribution in [1.82, 2.24) is 9.97 Å². The summed E-state index contributed by atoms with van der Waals surface area (Å²) in [6.45, 7) is 5.61. The van der Waals surface area contributed by atoms with Crippen molar-refractivity contribution in [3.05, 3.63) is 55.6 Å².